The van der Waals surface area contributed by atoms with Crippen LogP contribution in [0.5, 0.6) is 0 Å². The molecule has 0 bridgehead atoms. The quantitative estimate of drug-likeness (QED) is 0.508. The number of carboxylic acids is 1. The molecule has 0 saturated carbocycles. The summed E-state index contributed by atoms with van der Waals surface area (Å²) in [5.41, 5.74) is 0. The van der Waals surface area contributed by atoms with Crippen molar-refractivity contribution in [1.29, 1.82) is 0 Å². The fourth-order valence-corrected chi connectivity index (χ4v) is 0.655. The summed E-state index contributed by atoms with van der Waals surface area (Å²) in [6.45, 7) is 2.12. The minimum absolute atomic E-state index is 0.808. The molecule has 64 valence electrons. The van der Waals surface area contributed by atoms with Gasteiger partial charge in [0.25, 0.3) is 0 Å². The molecule has 0 aliphatic rings. The zero-order valence-corrected chi connectivity index (χ0v) is 7.18. The molecule has 0 atom stereocenters. The van der Waals surface area contributed by atoms with Crippen molar-refractivity contribution < 1.29 is 9.90 Å². The van der Waals surface area contributed by atoms with Crippen LogP contribution in [0.4, 0.5) is 0 Å². The molecule has 0 amide bonds. The second kappa shape index (κ2) is 7.69. The monoisotopic (exact) mass is 164 g/mol. The standard InChI is InChI=1S/C10H12O2/c1-2-3-4-5-6-7-8-9-10(11)12/h2-5H2,1H3,(H,11,12). The number of hydrogen-bond acceptors (Lipinski definition) is 1. The van der Waals surface area contributed by atoms with Crippen LogP contribution in [0.1, 0.15) is 32.6 Å². The van der Waals surface area contributed by atoms with E-state index in [4.69, 9.17) is 5.11 Å². The topological polar surface area (TPSA) is 37.3 Å². The number of unbranched alkanes of at least 4 members (excludes halogenated alkanes) is 3. The van der Waals surface area contributed by atoms with E-state index in [9.17, 15) is 4.79 Å². The Hall–Kier alpha value is -1.41. The van der Waals surface area contributed by atoms with Gasteiger partial charge in [0.2, 0.25) is 0 Å². The fraction of sp³-hybridized carbons (Fsp3) is 0.500. The van der Waals surface area contributed by atoms with E-state index >= 15 is 0 Å². The van der Waals surface area contributed by atoms with E-state index < -0.39 is 5.97 Å². The average Bonchev–Trinajstić information content (AvgIpc) is 2.02. The minimum Gasteiger partial charge on any atom is -0.472 e. The second-order valence-electron chi connectivity index (χ2n) is 2.31. The molecule has 12 heavy (non-hydrogen) atoms. The van der Waals surface area contributed by atoms with Crippen molar-refractivity contribution in [1.82, 2.24) is 0 Å². The molecule has 2 nitrogen and oxygen atoms in total. The molecule has 0 rings (SSSR count). The van der Waals surface area contributed by atoms with Crippen LogP contribution in [0, 0.1) is 23.7 Å². The van der Waals surface area contributed by atoms with Crippen molar-refractivity contribution in [3.8, 4) is 23.7 Å². The zero-order valence-electron chi connectivity index (χ0n) is 7.18. The number of aliphatic carboxylic acids is 1. The van der Waals surface area contributed by atoms with Gasteiger partial charge >= 0.3 is 5.97 Å². The summed E-state index contributed by atoms with van der Waals surface area (Å²) < 4.78 is 0. The van der Waals surface area contributed by atoms with Gasteiger partial charge in [0.1, 0.15) is 0 Å². The Morgan fingerprint density at radius 2 is 2.08 bits per heavy atom. The first-order valence-electron chi connectivity index (χ1n) is 3.99. The number of carboxylic acid groups (broad SMARTS) is 1. The van der Waals surface area contributed by atoms with Crippen molar-refractivity contribution in [3.05, 3.63) is 0 Å². The Balaban J connectivity index is 3.49. The Morgan fingerprint density at radius 1 is 1.33 bits per heavy atom. The van der Waals surface area contributed by atoms with Gasteiger partial charge < -0.3 is 5.11 Å². The second-order valence-corrected chi connectivity index (χ2v) is 2.31. The summed E-state index contributed by atoms with van der Waals surface area (Å²) in [4.78, 5) is 9.89. The molecular formula is C10H12O2. The summed E-state index contributed by atoms with van der Waals surface area (Å²) in [6, 6.07) is 0. The predicted molar refractivity (Wildman–Crippen MR) is 47.3 cm³/mol. The molecule has 0 heterocycles. The van der Waals surface area contributed by atoms with Gasteiger partial charge in [0.15, 0.2) is 0 Å². The van der Waals surface area contributed by atoms with Crippen molar-refractivity contribution in [2.45, 2.75) is 32.6 Å². The summed E-state index contributed by atoms with van der Waals surface area (Å²) in [6.07, 6.45) is 4.21. The molecule has 0 spiro atoms. The van der Waals surface area contributed by atoms with Gasteiger partial charge in [-0.15, -0.1) is 0 Å². The Bertz CT molecular complexity index is 244. The molecule has 0 saturated heterocycles. The molecule has 0 aliphatic heterocycles. The van der Waals surface area contributed by atoms with E-state index in [-0.39, 0.29) is 0 Å². The molecule has 0 aromatic rings. The molecule has 0 aromatic carbocycles. The van der Waals surface area contributed by atoms with Crippen LogP contribution >= 0.6 is 0 Å². The Morgan fingerprint density at radius 3 is 2.67 bits per heavy atom. The van der Waals surface area contributed by atoms with Crippen molar-refractivity contribution in [3.63, 3.8) is 0 Å². The smallest absolute Gasteiger partial charge is 0.382 e. The predicted octanol–water partition coefficient (Wildman–Crippen LogP) is 1.66. The first-order chi connectivity index (χ1) is 5.77. The summed E-state index contributed by atoms with van der Waals surface area (Å²) >= 11 is 0. The van der Waals surface area contributed by atoms with E-state index in [0.717, 1.165) is 12.8 Å². The van der Waals surface area contributed by atoms with Gasteiger partial charge in [-0.05, 0) is 18.3 Å². The maximum absolute atomic E-state index is 9.89. The lowest BCUT2D eigenvalue weighted by Crippen LogP contribution is -1.85. The van der Waals surface area contributed by atoms with Crippen LogP contribution in [-0.4, -0.2) is 11.1 Å². The molecule has 1 N–H and O–H groups in total. The summed E-state index contributed by atoms with van der Waals surface area (Å²) in [5.74, 6) is 8.33. The third-order valence-corrected chi connectivity index (χ3v) is 1.23. The number of hydrogen-bond donors (Lipinski definition) is 1. The Labute approximate surface area is 73.0 Å². The molecular weight excluding hydrogens is 152 g/mol. The van der Waals surface area contributed by atoms with Crippen molar-refractivity contribution in [2.24, 2.45) is 0 Å². The summed E-state index contributed by atoms with van der Waals surface area (Å²) in [5, 5.41) is 8.11. The third kappa shape index (κ3) is 8.59. The molecule has 0 unspecified atom stereocenters. The normalized spacial score (nSPS) is 7.42. The van der Waals surface area contributed by atoms with E-state index in [1.807, 2.05) is 5.92 Å². The van der Waals surface area contributed by atoms with Crippen LogP contribution in [0.3, 0.4) is 0 Å². The Kier molecular flexibility index (Phi) is 6.79. The van der Waals surface area contributed by atoms with E-state index in [2.05, 4.69) is 24.7 Å². The lowest BCUT2D eigenvalue weighted by atomic mass is 10.2. The van der Waals surface area contributed by atoms with Gasteiger partial charge in [-0.1, -0.05) is 25.7 Å². The lowest BCUT2D eigenvalue weighted by molar-refractivity contribution is -0.130. The fourth-order valence-electron chi connectivity index (χ4n) is 0.655. The SMILES string of the molecule is CCCCCC#CC#CC(=O)O. The largest absolute Gasteiger partial charge is 0.472 e. The molecule has 0 fully saturated rings. The van der Waals surface area contributed by atoms with Crippen LogP contribution in [0.2, 0.25) is 0 Å². The molecule has 0 radical (unpaired) electrons. The lowest BCUT2D eigenvalue weighted by Gasteiger charge is -1.86. The van der Waals surface area contributed by atoms with Crippen LogP contribution < -0.4 is 0 Å². The average molecular weight is 164 g/mol. The van der Waals surface area contributed by atoms with Gasteiger partial charge in [0, 0.05) is 12.3 Å². The highest BCUT2D eigenvalue weighted by Crippen LogP contribution is 1.96. The molecule has 0 aliphatic carbocycles. The third-order valence-electron chi connectivity index (χ3n) is 1.23. The van der Waals surface area contributed by atoms with Crippen LogP contribution in [0.25, 0.3) is 0 Å². The van der Waals surface area contributed by atoms with Crippen LogP contribution in [-0.2, 0) is 4.79 Å². The van der Waals surface area contributed by atoms with Crippen LogP contribution in [0.15, 0.2) is 0 Å². The van der Waals surface area contributed by atoms with Gasteiger partial charge in [-0.25, -0.2) is 4.79 Å². The first kappa shape index (κ1) is 10.6. The van der Waals surface area contributed by atoms with E-state index in [0.29, 0.717) is 0 Å². The highest BCUT2D eigenvalue weighted by Gasteiger charge is 1.80. The van der Waals surface area contributed by atoms with Crippen molar-refractivity contribution in [2.75, 3.05) is 0 Å². The maximum Gasteiger partial charge on any atom is 0.382 e. The number of carbonyl (C=O) groups is 1. The molecule has 2 heteroatoms. The van der Waals surface area contributed by atoms with E-state index in [1.165, 1.54) is 12.8 Å². The summed E-state index contributed by atoms with van der Waals surface area (Å²) in [7, 11) is 0. The first-order valence-corrected chi connectivity index (χ1v) is 3.99. The zero-order chi connectivity index (χ0) is 9.23. The highest BCUT2D eigenvalue weighted by molar-refractivity contribution is 5.87. The van der Waals surface area contributed by atoms with Gasteiger partial charge in [-0.2, -0.15) is 0 Å². The maximum atomic E-state index is 9.89. The van der Waals surface area contributed by atoms with E-state index in [1.54, 1.807) is 0 Å². The number of rotatable bonds is 3. The van der Waals surface area contributed by atoms with Gasteiger partial charge in [-0.3, -0.25) is 0 Å². The minimum atomic E-state index is -1.13. The van der Waals surface area contributed by atoms with Crippen molar-refractivity contribution >= 4 is 5.97 Å². The highest BCUT2D eigenvalue weighted by atomic mass is 16.4. The molecule has 0 aromatic heterocycles. The van der Waals surface area contributed by atoms with Gasteiger partial charge in [0.05, 0.1) is 0 Å².